The third-order valence-electron chi connectivity index (χ3n) is 4.69. The predicted octanol–water partition coefficient (Wildman–Crippen LogP) is 4.46. The van der Waals surface area contributed by atoms with Crippen LogP contribution in [0, 0.1) is 0 Å². The Labute approximate surface area is 176 Å². The molecule has 0 aliphatic heterocycles. The summed E-state index contributed by atoms with van der Waals surface area (Å²) in [6, 6.07) is 0. The average molecular weight is 415 g/mol. The summed E-state index contributed by atoms with van der Waals surface area (Å²) in [5.41, 5.74) is 0. The molecule has 0 aliphatic rings. The van der Waals surface area contributed by atoms with Crippen LogP contribution in [0.25, 0.3) is 0 Å². The molecule has 0 aromatic carbocycles. The Bertz CT molecular complexity index is 422. The minimum atomic E-state index is -1.64. The minimum absolute atomic E-state index is 0.163. The molecule has 2 N–H and O–H groups in total. The number of unbranched alkanes of at least 4 members (excludes halogenated alkanes) is 11. The maximum atomic E-state index is 11.4. The zero-order valence-electron chi connectivity index (χ0n) is 18.3. The van der Waals surface area contributed by atoms with Crippen LogP contribution in [-0.4, -0.2) is 48.1 Å². The van der Waals surface area contributed by atoms with Gasteiger partial charge in [-0.1, -0.05) is 57.1 Å². The van der Waals surface area contributed by atoms with Crippen molar-refractivity contribution in [3.8, 4) is 0 Å². The molecule has 0 saturated heterocycles. The number of carbonyl (C=O) groups excluding carboxylic acids is 2. The van der Waals surface area contributed by atoms with Crippen molar-refractivity contribution >= 4 is 11.9 Å². The molecule has 0 aromatic rings. The van der Waals surface area contributed by atoms with E-state index in [0.717, 1.165) is 45.3 Å². The van der Waals surface area contributed by atoms with Crippen molar-refractivity contribution in [2.45, 2.75) is 103 Å². The molecule has 0 rings (SSSR count). The van der Waals surface area contributed by atoms with Gasteiger partial charge in [0.2, 0.25) is 0 Å². The van der Waals surface area contributed by atoms with Crippen LogP contribution in [-0.2, 0) is 19.1 Å². The first kappa shape index (κ1) is 27.8. The van der Waals surface area contributed by atoms with Crippen LogP contribution in [0.4, 0.5) is 0 Å². The maximum absolute atomic E-state index is 11.4. The van der Waals surface area contributed by atoms with Crippen LogP contribution in [0.15, 0.2) is 12.2 Å². The average Bonchev–Trinajstić information content (AvgIpc) is 2.72. The monoisotopic (exact) mass is 414 g/mol. The van der Waals surface area contributed by atoms with Crippen molar-refractivity contribution in [3.05, 3.63) is 12.2 Å². The van der Waals surface area contributed by atoms with Crippen LogP contribution < -0.4 is 0 Å². The first-order valence-electron chi connectivity index (χ1n) is 11.4. The molecular formula is C23H42O6. The first-order chi connectivity index (χ1) is 14.1. The van der Waals surface area contributed by atoms with E-state index in [4.69, 9.17) is 14.9 Å². The van der Waals surface area contributed by atoms with Gasteiger partial charge in [-0.25, -0.2) is 4.79 Å². The van der Waals surface area contributed by atoms with Crippen molar-refractivity contribution in [1.82, 2.24) is 0 Å². The molecule has 0 radical (unpaired) electrons. The third kappa shape index (κ3) is 19.8. The number of hydrogen-bond donors (Lipinski definition) is 2. The van der Waals surface area contributed by atoms with E-state index in [9.17, 15) is 9.59 Å². The molecule has 6 nitrogen and oxygen atoms in total. The molecular weight excluding hydrogens is 372 g/mol. The molecule has 0 aliphatic carbocycles. The Morgan fingerprint density at radius 3 is 1.90 bits per heavy atom. The van der Waals surface area contributed by atoms with Crippen molar-refractivity contribution < 1.29 is 29.3 Å². The van der Waals surface area contributed by atoms with Gasteiger partial charge in [0.1, 0.15) is 0 Å². The molecule has 0 amide bonds. The van der Waals surface area contributed by atoms with Gasteiger partial charge in [0.15, 0.2) is 6.10 Å². The SMILES string of the molecule is CCOCCCCCCCC/C=C\CCCCCCCC(=O)OC(=O)C(O)CO. The van der Waals surface area contributed by atoms with Crippen LogP contribution in [0.1, 0.15) is 96.8 Å². The summed E-state index contributed by atoms with van der Waals surface area (Å²) in [7, 11) is 0. The quantitative estimate of drug-likeness (QED) is 0.132. The van der Waals surface area contributed by atoms with Gasteiger partial charge in [0.25, 0.3) is 0 Å². The minimum Gasteiger partial charge on any atom is -0.393 e. The lowest BCUT2D eigenvalue weighted by atomic mass is 10.1. The van der Waals surface area contributed by atoms with Gasteiger partial charge in [-0.2, -0.15) is 0 Å². The highest BCUT2D eigenvalue weighted by atomic mass is 16.6. The molecule has 0 fully saturated rings. The van der Waals surface area contributed by atoms with E-state index < -0.39 is 24.6 Å². The largest absolute Gasteiger partial charge is 0.393 e. The molecule has 170 valence electrons. The van der Waals surface area contributed by atoms with Crippen molar-refractivity contribution in [1.29, 1.82) is 0 Å². The fourth-order valence-corrected chi connectivity index (χ4v) is 2.92. The summed E-state index contributed by atoms with van der Waals surface area (Å²) in [5.74, 6) is -1.72. The molecule has 0 aromatic heterocycles. The number of aliphatic hydroxyl groups excluding tert-OH is 2. The Morgan fingerprint density at radius 1 is 0.828 bits per heavy atom. The number of hydrogen-bond acceptors (Lipinski definition) is 6. The summed E-state index contributed by atoms with van der Waals surface area (Å²) >= 11 is 0. The first-order valence-corrected chi connectivity index (χ1v) is 11.4. The van der Waals surface area contributed by atoms with E-state index in [2.05, 4.69) is 16.9 Å². The molecule has 0 saturated carbocycles. The van der Waals surface area contributed by atoms with E-state index in [0.29, 0.717) is 6.42 Å². The molecule has 1 atom stereocenters. The van der Waals surface area contributed by atoms with Gasteiger partial charge in [0.05, 0.1) is 6.61 Å². The zero-order valence-corrected chi connectivity index (χ0v) is 18.3. The fraction of sp³-hybridized carbons (Fsp3) is 0.826. The van der Waals surface area contributed by atoms with E-state index >= 15 is 0 Å². The van der Waals surface area contributed by atoms with Gasteiger partial charge in [-0.3, -0.25) is 4.79 Å². The highest BCUT2D eigenvalue weighted by Gasteiger charge is 2.18. The van der Waals surface area contributed by atoms with Crippen molar-refractivity contribution in [2.75, 3.05) is 19.8 Å². The molecule has 6 heteroatoms. The normalized spacial score (nSPS) is 12.4. The summed E-state index contributed by atoms with van der Waals surface area (Å²) < 4.78 is 9.77. The smallest absolute Gasteiger partial charge is 0.345 e. The van der Waals surface area contributed by atoms with Crippen molar-refractivity contribution in [3.63, 3.8) is 0 Å². The van der Waals surface area contributed by atoms with Crippen molar-refractivity contribution in [2.24, 2.45) is 0 Å². The van der Waals surface area contributed by atoms with Gasteiger partial charge < -0.3 is 19.7 Å². The number of allylic oxidation sites excluding steroid dienone is 2. The highest BCUT2D eigenvalue weighted by Crippen LogP contribution is 2.10. The number of esters is 2. The van der Waals surface area contributed by atoms with Gasteiger partial charge in [-0.15, -0.1) is 0 Å². The van der Waals surface area contributed by atoms with E-state index in [1.54, 1.807) is 0 Å². The lowest BCUT2D eigenvalue weighted by molar-refractivity contribution is -0.167. The maximum Gasteiger partial charge on any atom is 0.345 e. The lowest BCUT2D eigenvalue weighted by Gasteiger charge is -2.06. The second-order valence-corrected chi connectivity index (χ2v) is 7.38. The van der Waals surface area contributed by atoms with E-state index in [-0.39, 0.29) is 6.42 Å². The number of ether oxygens (including phenoxy) is 2. The number of carbonyl (C=O) groups is 2. The van der Waals surface area contributed by atoms with Crippen LogP contribution >= 0.6 is 0 Å². The van der Waals surface area contributed by atoms with Gasteiger partial charge in [0, 0.05) is 19.6 Å². The molecule has 1 unspecified atom stereocenters. The Kier molecular flexibility index (Phi) is 20.6. The topological polar surface area (TPSA) is 93.1 Å². The Hall–Kier alpha value is -1.24. The van der Waals surface area contributed by atoms with Crippen LogP contribution in [0.2, 0.25) is 0 Å². The summed E-state index contributed by atoms with van der Waals surface area (Å²) in [6.07, 6.45) is 18.0. The van der Waals surface area contributed by atoms with E-state index in [1.807, 2.05) is 6.92 Å². The zero-order chi connectivity index (χ0) is 21.6. The van der Waals surface area contributed by atoms with Crippen LogP contribution in [0.5, 0.6) is 0 Å². The number of aliphatic hydroxyl groups is 2. The summed E-state index contributed by atoms with van der Waals surface area (Å²) in [5, 5.41) is 17.6. The molecule has 0 spiro atoms. The summed E-state index contributed by atoms with van der Waals surface area (Å²) in [6.45, 7) is 3.03. The lowest BCUT2D eigenvalue weighted by Crippen LogP contribution is -2.28. The standard InChI is InChI=1S/C23H42O6/c1-2-28-19-17-15-13-11-9-7-5-3-4-6-8-10-12-14-16-18-22(26)29-23(27)21(25)20-24/h3-4,21,24-25H,2,5-20H2,1H3/b4-3-. The van der Waals surface area contributed by atoms with Gasteiger partial charge in [-0.05, 0) is 45.4 Å². The predicted molar refractivity (Wildman–Crippen MR) is 114 cm³/mol. The van der Waals surface area contributed by atoms with Gasteiger partial charge >= 0.3 is 11.9 Å². The summed E-state index contributed by atoms with van der Waals surface area (Å²) in [4.78, 5) is 22.5. The van der Waals surface area contributed by atoms with Crippen LogP contribution in [0.3, 0.4) is 0 Å². The number of rotatable bonds is 20. The molecule has 0 bridgehead atoms. The fourth-order valence-electron chi connectivity index (χ4n) is 2.92. The Morgan fingerprint density at radius 2 is 1.34 bits per heavy atom. The molecule has 0 heterocycles. The Balaban J connectivity index is 3.30. The third-order valence-corrected chi connectivity index (χ3v) is 4.69. The second-order valence-electron chi connectivity index (χ2n) is 7.38. The second kappa shape index (κ2) is 21.5. The van der Waals surface area contributed by atoms with E-state index in [1.165, 1.54) is 44.9 Å². The highest BCUT2D eigenvalue weighted by molar-refractivity contribution is 5.87. The molecule has 29 heavy (non-hydrogen) atoms.